The molecule has 0 aliphatic carbocycles. The van der Waals surface area contributed by atoms with Crippen LogP contribution >= 0.6 is 0 Å². The third kappa shape index (κ3) is 3.49. The maximum Gasteiger partial charge on any atom is 0.547 e. The first-order valence-electron chi connectivity index (χ1n) is 7.91. The summed E-state index contributed by atoms with van der Waals surface area (Å²) in [5.74, 6) is -2.31. The van der Waals surface area contributed by atoms with Crippen molar-refractivity contribution in [2.45, 2.75) is 18.4 Å². The average Bonchev–Trinajstić information content (AvgIpc) is 2.61. The molecule has 6 N–H and O–H groups in total. The number of carbonyl (C=O) groups is 2. The third-order valence-electron chi connectivity index (χ3n) is 4.21. The van der Waals surface area contributed by atoms with E-state index in [2.05, 4.69) is 5.32 Å². The van der Waals surface area contributed by atoms with Crippen molar-refractivity contribution in [3.8, 4) is 11.5 Å². The van der Waals surface area contributed by atoms with Crippen molar-refractivity contribution >= 4 is 19.0 Å². The number of aromatic carboxylic acids is 1. The number of fused-ring (bicyclic) bond motifs is 1. The van der Waals surface area contributed by atoms with Crippen molar-refractivity contribution in [1.82, 2.24) is 5.32 Å². The fourth-order valence-corrected chi connectivity index (χ4v) is 2.82. The predicted molar refractivity (Wildman–Crippen MR) is 92.7 cm³/mol. The minimum absolute atomic E-state index is 0.0490. The lowest BCUT2D eigenvalue weighted by molar-refractivity contribution is -0.122. The van der Waals surface area contributed by atoms with E-state index in [0.29, 0.717) is 11.1 Å². The van der Waals surface area contributed by atoms with Gasteiger partial charge in [0.15, 0.2) is 0 Å². The van der Waals surface area contributed by atoms with E-state index >= 15 is 0 Å². The van der Waals surface area contributed by atoms with Crippen LogP contribution in [0.4, 0.5) is 0 Å². The number of phenolic OH excluding ortho intramolecular Hbond substituents is 1. The van der Waals surface area contributed by atoms with Gasteiger partial charge in [-0.25, -0.2) is 4.79 Å². The number of carbonyl (C=O) groups excluding carboxylic acids is 1. The minimum Gasteiger partial charge on any atom is -0.534 e. The summed E-state index contributed by atoms with van der Waals surface area (Å²) in [5, 5.41) is 31.3. The molecule has 26 heavy (non-hydrogen) atoms. The van der Waals surface area contributed by atoms with Gasteiger partial charge in [0, 0.05) is 0 Å². The first-order chi connectivity index (χ1) is 12.4. The molecule has 3 rings (SSSR count). The summed E-state index contributed by atoms with van der Waals surface area (Å²) in [6.45, 7) is 0. The van der Waals surface area contributed by atoms with Gasteiger partial charge in [-0.15, -0.1) is 0 Å². The largest absolute Gasteiger partial charge is 0.547 e. The fourth-order valence-electron chi connectivity index (χ4n) is 2.82. The first kappa shape index (κ1) is 17.8. The summed E-state index contributed by atoms with van der Waals surface area (Å²) < 4.78 is 5.33. The maximum atomic E-state index is 12.4. The van der Waals surface area contributed by atoms with Gasteiger partial charge in [0.25, 0.3) is 0 Å². The molecule has 0 fully saturated rings. The number of rotatable bonds is 4. The van der Waals surface area contributed by atoms with Crippen LogP contribution in [-0.2, 0) is 11.2 Å². The highest BCUT2D eigenvalue weighted by Crippen LogP contribution is 2.30. The fraction of sp³-hybridized carbons (Fsp3) is 0.176. The molecular formula is C17H17BN2O6. The first-order valence-corrected chi connectivity index (χ1v) is 7.91. The van der Waals surface area contributed by atoms with Gasteiger partial charge in [0.05, 0.1) is 11.5 Å². The summed E-state index contributed by atoms with van der Waals surface area (Å²) in [6.07, 6.45) is 0.200. The number of nitrogens with one attached hydrogen (secondary N) is 1. The molecule has 2 aromatic rings. The van der Waals surface area contributed by atoms with Gasteiger partial charge in [-0.1, -0.05) is 24.3 Å². The Morgan fingerprint density at radius 2 is 1.92 bits per heavy atom. The Bertz CT molecular complexity index is 842. The Labute approximate surface area is 149 Å². The number of phenols is 1. The van der Waals surface area contributed by atoms with Gasteiger partial charge in [0.1, 0.15) is 17.5 Å². The van der Waals surface area contributed by atoms with Gasteiger partial charge in [0.2, 0.25) is 5.91 Å². The average molecular weight is 356 g/mol. The van der Waals surface area contributed by atoms with Crippen LogP contribution in [0.25, 0.3) is 0 Å². The molecule has 1 heterocycles. The Balaban J connectivity index is 1.74. The number of hydrogen-bond donors (Lipinski definition) is 5. The molecular weight excluding hydrogens is 339 g/mol. The highest BCUT2D eigenvalue weighted by Gasteiger charge is 2.38. The zero-order valence-corrected chi connectivity index (χ0v) is 13.6. The van der Waals surface area contributed by atoms with Crippen molar-refractivity contribution in [1.29, 1.82) is 0 Å². The minimum atomic E-state index is -1.40. The van der Waals surface area contributed by atoms with E-state index in [1.165, 1.54) is 30.3 Å². The lowest BCUT2D eigenvalue weighted by Crippen LogP contribution is -2.54. The summed E-state index contributed by atoms with van der Waals surface area (Å²) in [7, 11) is -1.40. The molecule has 8 nitrogen and oxygen atoms in total. The molecule has 2 aromatic carbocycles. The predicted octanol–water partition coefficient (Wildman–Crippen LogP) is 0.230. The number of aromatic hydroxyl groups is 1. The molecule has 9 heteroatoms. The van der Waals surface area contributed by atoms with E-state index in [9.17, 15) is 24.8 Å². The Hall–Kier alpha value is -3.04. The lowest BCUT2D eigenvalue weighted by Gasteiger charge is -2.29. The van der Waals surface area contributed by atoms with Gasteiger partial charge in [-0.3, -0.25) is 4.79 Å². The standard InChI is InChI=1S/C17H17BN2O6/c19-14(9-4-6-11(21)7-5-9)16(22)20-13-8-10-2-1-3-12(17(23)24)15(10)26-18(13)25/h1-7,13-14,21,25H,8,19H2,(H,20,22)(H,23,24)/t13-,14+/m0/s1. The van der Waals surface area contributed by atoms with Gasteiger partial charge in [-0.05, 0) is 35.7 Å². The van der Waals surface area contributed by atoms with Crippen LogP contribution in [0.5, 0.6) is 11.5 Å². The van der Waals surface area contributed by atoms with Crippen LogP contribution < -0.4 is 15.7 Å². The molecule has 0 bridgehead atoms. The highest BCUT2D eigenvalue weighted by molar-refractivity contribution is 6.47. The monoisotopic (exact) mass is 356 g/mol. The van der Waals surface area contributed by atoms with Crippen LogP contribution in [0.3, 0.4) is 0 Å². The zero-order valence-electron chi connectivity index (χ0n) is 13.6. The summed E-state index contributed by atoms with van der Waals surface area (Å²) in [5.41, 5.74) is 6.94. The van der Waals surface area contributed by atoms with Crippen molar-refractivity contribution in [3.05, 3.63) is 59.2 Å². The molecule has 0 radical (unpaired) electrons. The molecule has 1 aliphatic heterocycles. The van der Waals surface area contributed by atoms with Crippen molar-refractivity contribution in [3.63, 3.8) is 0 Å². The van der Waals surface area contributed by atoms with E-state index in [-0.39, 0.29) is 23.5 Å². The SMILES string of the molecule is N[C@@H](C(=O)N[C@H]1Cc2cccc(C(=O)O)c2OB1O)c1ccc(O)cc1. The molecule has 1 aliphatic rings. The van der Waals surface area contributed by atoms with E-state index in [0.717, 1.165) is 0 Å². The van der Waals surface area contributed by atoms with Gasteiger partial charge in [-0.2, -0.15) is 0 Å². The molecule has 134 valence electrons. The normalized spacial score (nSPS) is 17.0. The number of para-hydroxylation sites is 1. The third-order valence-corrected chi connectivity index (χ3v) is 4.21. The van der Waals surface area contributed by atoms with E-state index in [4.69, 9.17) is 10.4 Å². The van der Waals surface area contributed by atoms with Crippen LogP contribution in [0.2, 0.25) is 0 Å². The lowest BCUT2D eigenvalue weighted by atomic mass is 9.72. The molecule has 0 aromatic heterocycles. The maximum absolute atomic E-state index is 12.4. The van der Waals surface area contributed by atoms with E-state index in [1.54, 1.807) is 12.1 Å². The summed E-state index contributed by atoms with van der Waals surface area (Å²) >= 11 is 0. The van der Waals surface area contributed by atoms with Crippen LogP contribution in [-0.4, -0.2) is 40.2 Å². The Morgan fingerprint density at radius 3 is 2.58 bits per heavy atom. The topological polar surface area (TPSA) is 142 Å². The van der Waals surface area contributed by atoms with Crippen molar-refractivity contribution < 1.29 is 29.5 Å². The van der Waals surface area contributed by atoms with Crippen molar-refractivity contribution in [2.75, 3.05) is 0 Å². The van der Waals surface area contributed by atoms with Crippen LogP contribution in [0.15, 0.2) is 42.5 Å². The van der Waals surface area contributed by atoms with Gasteiger partial charge < -0.3 is 30.9 Å². The summed E-state index contributed by atoms with van der Waals surface area (Å²) in [4.78, 5) is 23.6. The number of amides is 1. The smallest absolute Gasteiger partial charge is 0.534 e. The number of carboxylic acids is 1. The van der Waals surface area contributed by atoms with Crippen molar-refractivity contribution in [2.24, 2.45) is 5.73 Å². The van der Waals surface area contributed by atoms with Gasteiger partial charge >= 0.3 is 13.1 Å². The van der Waals surface area contributed by atoms with Crippen LogP contribution in [0.1, 0.15) is 27.5 Å². The second kappa shape index (κ2) is 7.07. The highest BCUT2D eigenvalue weighted by atomic mass is 16.5. The van der Waals surface area contributed by atoms with E-state index < -0.39 is 31.0 Å². The number of nitrogens with two attached hydrogens (primary N) is 1. The summed E-state index contributed by atoms with van der Waals surface area (Å²) in [6, 6.07) is 9.54. The number of benzene rings is 2. The molecule has 0 unspecified atom stereocenters. The van der Waals surface area contributed by atoms with Crippen LogP contribution in [0, 0.1) is 0 Å². The molecule has 0 saturated heterocycles. The Kier molecular flexibility index (Phi) is 4.83. The zero-order chi connectivity index (χ0) is 18.8. The second-order valence-electron chi connectivity index (χ2n) is 6.00. The van der Waals surface area contributed by atoms with E-state index in [1.807, 2.05) is 0 Å². The molecule has 0 spiro atoms. The number of hydrogen-bond acceptors (Lipinski definition) is 6. The number of carboxylic acid groups (broad SMARTS) is 1. The second-order valence-corrected chi connectivity index (χ2v) is 6.00. The quantitative estimate of drug-likeness (QED) is 0.494. The molecule has 0 saturated carbocycles. The molecule has 2 atom stereocenters. The Morgan fingerprint density at radius 1 is 1.23 bits per heavy atom. The molecule has 1 amide bonds.